The van der Waals surface area contributed by atoms with Crippen molar-refractivity contribution in [2.45, 2.75) is 149 Å². The fourth-order valence-electron chi connectivity index (χ4n) is 3.78. The van der Waals surface area contributed by atoms with E-state index in [0.717, 1.165) is 0 Å². The monoisotopic (exact) mass is 367 g/mol. The van der Waals surface area contributed by atoms with E-state index in [0.29, 0.717) is 0 Å². The third kappa shape index (κ3) is 24.0. The van der Waals surface area contributed by atoms with Crippen molar-refractivity contribution < 1.29 is 0 Å². The molecule has 0 saturated heterocycles. The van der Waals surface area contributed by atoms with Gasteiger partial charge in [-0.2, -0.15) is 0 Å². The van der Waals surface area contributed by atoms with Crippen molar-refractivity contribution in [3.63, 3.8) is 0 Å². The molecule has 0 aromatic heterocycles. The minimum Gasteiger partial charge on any atom is -0.317 e. The molecule has 0 heterocycles. The van der Waals surface area contributed by atoms with E-state index < -0.39 is 0 Å². The van der Waals surface area contributed by atoms with Gasteiger partial charge in [-0.1, -0.05) is 136 Å². The van der Waals surface area contributed by atoms with Gasteiger partial charge < -0.3 is 5.32 Å². The van der Waals surface area contributed by atoms with Crippen LogP contribution in [0.2, 0.25) is 0 Å². The van der Waals surface area contributed by atoms with Crippen LogP contribution >= 0.6 is 0 Å². The van der Waals surface area contributed by atoms with E-state index in [9.17, 15) is 0 Å². The number of rotatable bonds is 23. The quantitative estimate of drug-likeness (QED) is 0.178. The van der Waals surface area contributed by atoms with E-state index in [1.165, 1.54) is 148 Å². The minimum absolute atomic E-state index is 1.24. The van der Waals surface area contributed by atoms with Crippen molar-refractivity contribution in [1.82, 2.24) is 5.32 Å². The summed E-state index contributed by atoms with van der Waals surface area (Å²) in [7, 11) is 0. The minimum atomic E-state index is 1.24. The van der Waals surface area contributed by atoms with Gasteiger partial charge in [0.1, 0.15) is 0 Å². The first-order chi connectivity index (χ1) is 12.9. The van der Waals surface area contributed by atoms with Gasteiger partial charge in [-0.15, -0.1) is 0 Å². The van der Waals surface area contributed by atoms with Crippen LogP contribution in [-0.2, 0) is 0 Å². The molecule has 0 fully saturated rings. The molecule has 0 radical (unpaired) electrons. The highest BCUT2D eigenvalue weighted by Gasteiger charge is 1.95. The van der Waals surface area contributed by atoms with E-state index in [4.69, 9.17) is 0 Å². The Hall–Kier alpha value is -0.0400. The molecule has 26 heavy (non-hydrogen) atoms. The van der Waals surface area contributed by atoms with Crippen molar-refractivity contribution in [2.75, 3.05) is 13.1 Å². The number of nitrogens with one attached hydrogen (secondary N) is 1. The molecule has 0 rings (SSSR count). The largest absolute Gasteiger partial charge is 0.317 e. The summed E-state index contributed by atoms with van der Waals surface area (Å²) in [5.41, 5.74) is 0. The molecule has 0 bridgehead atoms. The third-order valence-electron chi connectivity index (χ3n) is 5.66. The second kappa shape index (κ2) is 25.0. The Bertz CT molecular complexity index is 202. The van der Waals surface area contributed by atoms with Gasteiger partial charge in [0.05, 0.1) is 0 Å². The van der Waals surface area contributed by atoms with Gasteiger partial charge in [-0.05, 0) is 25.9 Å². The average molecular weight is 368 g/mol. The van der Waals surface area contributed by atoms with Crippen molar-refractivity contribution in [3.05, 3.63) is 0 Å². The Kier molecular flexibility index (Phi) is 24.9. The topological polar surface area (TPSA) is 12.0 Å². The molecule has 1 heteroatoms. The standard InChI is InChI=1S/C25H53N/c1-3-5-7-9-11-12-13-14-15-16-17-18-19-21-23-25-26-24-22-20-10-8-6-4-2/h26H,3-25H2,1-2H3. The van der Waals surface area contributed by atoms with Crippen molar-refractivity contribution in [2.24, 2.45) is 0 Å². The van der Waals surface area contributed by atoms with Crippen LogP contribution in [0.4, 0.5) is 0 Å². The predicted molar refractivity (Wildman–Crippen MR) is 121 cm³/mol. The summed E-state index contributed by atoms with van der Waals surface area (Å²) >= 11 is 0. The first-order valence-electron chi connectivity index (χ1n) is 12.6. The second-order valence-corrected chi connectivity index (χ2v) is 8.47. The maximum absolute atomic E-state index is 3.62. The lowest BCUT2D eigenvalue weighted by molar-refractivity contribution is 0.522. The maximum atomic E-state index is 3.62. The zero-order chi connectivity index (χ0) is 19.0. The summed E-state index contributed by atoms with van der Waals surface area (Å²) in [4.78, 5) is 0. The van der Waals surface area contributed by atoms with Crippen LogP contribution in [0, 0.1) is 0 Å². The highest BCUT2D eigenvalue weighted by Crippen LogP contribution is 2.13. The van der Waals surface area contributed by atoms with Crippen LogP contribution in [0.1, 0.15) is 149 Å². The molecule has 158 valence electrons. The lowest BCUT2D eigenvalue weighted by Crippen LogP contribution is -2.16. The Morgan fingerprint density at radius 3 is 0.808 bits per heavy atom. The second-order valence-electron chi connectivity index (χ2n) is 8.47. The number of unbranched alkanes of at least 4 members (excludes halogenated alkanes) is 19. The first-order valence-corrected chi connectivity index (χ1v) is 12.6. The van der Waals surface area contributed by atoms with Crippen LogP contribution in [0.3, 0.4) is 0 Å². The number of hydrogen-bond donors (Lipinski definition) is 1. The Morgan fingerprint density at radius 1 is 0.308 bits per heavy atom. The summed E-state index contributed by atoms with van der Waals surface area (Å²) in [6.07, 6.45) is 30.3. The first kappa shape index (κ1) is 26.0. The molecule has 0 aliphatic heterocycles. The van der Waals surface area contributed by atoms with Gasteiger partial charge in [-0.3, -0.25) is 0 Å². The van der Waals surface area contributed by atoms with E-state index in [1.54, 1.807) is 0 Å². The Labute approximate surface area is 167 Å². The highest BCUT2D eigenvalue weighted by molar-refractivity contribution is 4.52. The zero-order valence-corrected chi connectivity index (χ0v) is 18.8. The summed E-state index contributed by atoms with van der Waals surface area (Å²) in [6, 6.07) is 0. The predicted octanol–water partition coefficient (Wildman–Crippen LogP) is 8.81. The van der Waals surface area contributed by atoms with Crippen LogP contribution in [0.15, 0.2) is 0 Å². The smallest absolute Gasteiger partial charge is 0.00489 e. The maximum Gasteiger partial charge on any atom is -0.00489 e. The summed E-state index contributed by atoms with van der Waals surface area (Å²) in [5, 5.41) is 3.62. The van der Waals surface area contributed by atoms with Crippen LogP contribution in [0.25, 0.3) is 0 Å². The third-order valence-corrected chi connectivity index (χ3v) is 5.66. The van der Waals surface area contributed by atoms with Crippen LogP contribution < -0.4 is 5.32 Å². The van der Waals surface area contributed by atoms with E-state index in [2.05, 4.69) is 19.2 Å². The molecule has 0 aliphatic rings. The zero-order valence-electron chi connectivity index (χ0n) is 18.8. The molecule has 0 aromatic rings. The Morgan fingerprint density at radius 2 is 0.538 bits per heavy atom. The summed E-state index contributed by atoms with van der Waals surface area (Å²) in [5.74, 6) is 0. The SMILES string of the molecule is CCCCCCCCCCCCCCCCCNCCCCCCCC. The normalized spacial score (nSPS) is 11.3. The summed E-state index contributed by atoms with van der Waals surface area (Å²) in [6.45, 7) is 7.07. The van der Waals surface area contributed by atoms with E-state index >= 15 is 0 Å². The fraction of sp³-hybridized carbons (Fsp3) is 1.00. The van der Waals surface area contributed by atoms with Gasteiger partial charge in [0.2, 0.25) is 0 Å². The lowest BCUT2D eigenvalue weighted by Gasteiger charge is -2.05. The van der Waals surface area contributed by atoms with Crippen molar-refractivity contribution in [3.8, 4) is 0 Å². The van der Waals surface area contributed by atoms with Gasteiger partial charge in [0.25, 0.3) is 0 Å². The van der Waals surface area contributed by atoms with Gasteiger partial charge in [0, 0.05) is 0 Å². The molecule has 0 aliphatic carbocycles. The van der Waals surface area contributed by atoms with Gasteiger partial charge in [-0.25, -0.2) is 0 Å². The van der Waals surface area contributed by atoms with Gasteiger partial charge in [0.15, 0.2) is 0 Å². The molecule has 0 spiro atoms. The average Bonchev–Trinajstić information content (AvgIpc) is 2.66. The van der Waals surface area contributed by atoms with Crippen molar-refractivity contribution >= 4 is 0 Å². The molecule has 0 aromatic carbocycles. The molecular formula is C25H53N. The highest BCUT2D eigenvalue weighted by atomic mass is 14.8. The molecular weight excluding hydrogens is 314 g/mol. The Balaban J connectivity index is 2.95. The molecule has 1 N–H and O–H groups in total. The van der Waals surface area contributed by atoms with Crippen LogP contribution in [-0.4, -0.2) is 13.1 Å². The van der Waals surface area contributed by atoms with Gasteiger partial charge >= 0.3 is 0 Å². The molecule has 0 saturated carbocycles. The molecule has 0 unspecified atom stereocenters. The summed E-state index contributed by atoms with van der Waals surface area (Å²) < 4.78 is 0. The molecule has 0 amide bonds. The van der Waals surface area contributed by atoms with E-state index in [1.807, 2.05) is 0 Å². The molecule has 0 atom stereocenters. The molecule has 1 nitrogen and oxygen atoms in total. The van der Waals surface area contributed by atoms with E-state index in [-0.39, 0.29) is 0 Å². The van der Waals surface area contributed by atoms with Crippen LogP contribution in [0.5, 0.6) is 0 Å². The lowest BCUT2D eigenvalue weighted by atomic mass is 10.0. The van der Waals surface area contributed by atoms with Crippen molar-refractivity contribution in [1.29, 1.82) is 0 Å². The number of hydrogen-bond acceptors (Lipinski definition) is 1. The fourth-order valence-corrected chi connectivity index (χ4v) is 3.78.